The fourth-order valence-electron chi connectivity index (χ4n) is 8.21. The molecular formula is C57H38N4. The monoisotopic (exact) mass is 782 g/mol. The molecule has 4 heteroatoms. The van der Waals surface area contributed by atoms with Gasteiger partial charge >= 0.3 is 0 Å². The van der Waals surface area contributed by atoms with E-state index in [0.717, 1.165) is 66.5 Å². The van der Waals surface area contributed by atoms with Crippen LogP contribution in [0.25, 0.3) is 106 Å². The normalized spacial score (nSPS) is 12.2. The van der Waals surface area contributed by atoms with Crippen LogP contribution in [0.3, 0.4) is 0 Å². The highest BCUT2D eigenvalue weighted by Crippen LogP contribution is 2.40. The van der Waals surface area contributed by atoms with E-state index in [9.17, 15) is 2.74 Å². The maximum Gasteiger partial charge on any atom is 0.164 e. The van der Waals surface area contributed by atoms with Crippen molar-refractivity contribution in [3.63, 3.8) is 0 Å². The van der Waals surface area contributed by atoms with E-state index in [1.54, 1.807) is 0 Å². The molecule has 0 fully saturated rings. The summed E-state index contributed by atoms with van der Waals surface area (Å²) in [5, 5.41) is 1.18. The summed E-state index contributed by atoms with van der Waals surface area (Å²) in [7, 11) is 0. The number of aromatic nitrogens is 4. The molecule has 0 spiro atoms. The van der Waals surface area contributed by atoms with Crippen LogP contribution in [0.1, 0.15) is 5.48 Å². The molecule has 0 aliphatic heterocycles. The molecule has 0 unspecified atom stereocenters. The summed E-state index contributed by atoms with van der Waals surface area (Å²) in [5.74, 6) is 1.50. The molecule has 11 aromatic rings. The molecule has 9 aromatic carbocycles. The van der Waals surface area contributed by atoms with Crippen LogP contribution in [0.2, 0.25) is 0 Å². The summed E-state index contributed by atoms with van der Waals surface area (Å²) in [6, 6.07) is 68.6. The zero-order chi connectivity index (χ0) is 44.0. The maximum absolute atomic E-state index is 9.34. The summed E-state index contributed by atoms with van der Waals surface area (Å²) in [6.45, 7) is 0. The molecule has 0 aliphatic carbocycles. The first-order chi connectivity index (χ1) is 31.9. The second-order valence-corrected chi connectivity index (χ2v) is 15.0. The van der Waals surface area contributed by atoms with Crippen LogP contribution in [0.5, 0.6) is 0 Å². The van der Waals surface area contributed by atoms with Gasteiger partial charge in [0.25, 0.3) is 0 Å². The largest absolute Gasteiger partial charge is 0.309 e. The quantitative estimate of drug-likeness (QED) is 0.154. The van der Waals surface area contributed by atoms with Crippen LogP contribution in [0, 0.1) is 0 Å². The molecule has 0 N–H and O–H groups in total. The average molecular weight is 783 g/mol. The van der Waals surface area contributed by atoms with Crippen LogP contribution in [-0.4, -0.2) is 19.5 Å². The standard InChI is InChI=1S/C57H38N4/c1-4-16-39(17-5-1)42-32-34-43(35-33-42)55-58-56(47-25-13-23-45(37-47)41-20-8-3-9-21-41)60-57(59-55)48-26-14-27-49(38-48)61-53-31-11-10-28-51(53)52-30-15-29-50(54(52)61)46-24-12-22-44(36-46)40-18-6-2-7-19-40/h1-38H/i10D,11D,28D,31D. The van der Waals surface area contributed by atoms with Crippen molar-refractivity contribution in [2.24, 2.45) is 0 Å². The van der Waals surface area contributed by atoms with E-state index in [1.807, 2.05) is 126 Å². The van der Waals surface area contributed by atoms with Crippen molar-refractivity contribution >= 4 is 21.8 Å². The second kappa shape index (κ2) is 15.5. The Kier molecular flexibility index (Phi) is 8.07. The Morgan fingerprint density at radius 1 is 0.328 bits per heavy atom. The van der Waals surface area contributed by atoms with Crippen LogP contribution in [0.15, 0.2) is 230 Å². The predicted molar refractivity (Wildman–Crippen MR) is 252 cm³/mol. The SMILES string of the molecule is [2H]c1c([2H])c([2H])c2c(c1[2H])c1cccc(-c3cccc(-c4ccccc4)c3)c1n2-c1cccc(-c2nc(-c3ccc(-c4ccccc4)cc3)nc(-c3cccc(-c4ccccc4)c3)n2)c1. The predicted octanol–water partition coefficient (Wildman–Crippen LogP) is 14.6. The van der Waals surface area contributed by atoms with E-state index in [0.29, 0.717) is 39.6 Å². The van der Waals surface area contributed by atoms with Crippen LogP contribution in [0.4, 0.5) is 0 Å². The van der Waals surface area contributed by atoms with Crippen molar-refractivity contribution in [1.82, 2.24) is 19.5 Å². The average Bonchev–Trinajstić information content (AvgIpc) is 3.74. The molecule has 0 atom stereocenters. The second-order valence-electron chi connectivity index (χ2n) is 15.0. The topological polar surface area (TPSA) is 43.6 Å². The highest BCUT2D eigenvalue weighted by Gasteiger charge is 2.19. The molecule has 0 amide bonds. The van der Waals surface area contributed by atoms with E-state index in [1.165, 1.54) is 0 Å². The molecule has 4 nitrogen and oxygen atoms in total. The lowest BCUT2D eigenvalue weighted by Crippen LogP contribution is -2.01. The number of hydrogen-bond acceptors (Lipinski definition) is 3. The van der Waals surface area contributed by atoms with E-state index in [4.69, 9.17) is 17.7 Å². The zero-order valence-electron chi connectivity index (χ0n) is 36.9. The number of benzene rings is 9. The number of hydrogen-bond donors (Lipinski definition) is 0. The number of nitrogens with zero attached hydrogens (tertiary/aromatic N) is 4. The van der Waals surface area contributed by atoms with Gasteiger partial charge in [-0.05, 0) is 69.3 Å². The molecule has 0 radical (unpaired) electrons. The Labute approximate surface area is 360 Å². The summed E-state index contributed by atoms with van der Waals surface area (Å²) < 4.78 is 38.1. The molecule has 61 heavy (non-hydrogen) atoms. The van der Waals surface area contributed by atoms with E-state index in [-0.39, 0.29) is 24.2 Å². The van der Waals surface area contributed by atoms with E-state index >= 15 is 0 Å². The first-order valence-corrected chi connectivity index (χ1v) is 20.3. The molecule has 0 bridgehead atoms. The number of rotatable bonds is 8. The van der Waals surface area contributed by atoms with E-state index < -0.39 is 0 Å². The molecule has 2 aromatic heterocycles. The van der Waals surface area contributed by atoms with Gasteiger partial charge in [0.05, 0.1) is 16.5 Å². The number of fused-ring (bicyclic) bond motifs is 3. The summed E-state index contributed by atoms with van der Waals surface area (Å²) >= 11 is 0. The van der Waals surface area contributed by atoms with Crippen LogP contribution >= 0.6 is 0 Å². The first kappa shape index (κ1) is 31.7. The minimum Gasteiger partial charge on any atom is -0.309 e. The lowest BCUT2D eigenvalue weighted by molar-refractivity contribution is 1.07. The molecule has 286 valence electrons. The molecule has 11 rings (SSSR count). The Hall–Kier alpha value is -8.21. The van der Waals surface area contributed by atoms with Crippen molar-refractivity contribution in [1.29, 1.82) is 0 Å². The molecule has 0 saturated heterocycles. The van der Waals surface area contributed by atoms with Gasteiger partial charge in [0.2, 0.25) is 0 Å². The lowest BCUT2D eigenvalue weighted by atomic mass is 9.97. The Morgan fingerprint density at radius 2 is 0.770 bits per heavy atom. The van der Waals surface area contributed by atoms with Crippen LogP contribution in [-0.2, 0) is 0 Å². The third-order valence-electron chi connectivity index (χ3n) is 11.2. The van der Waals surface area contributed by atoms with Crippen molar-refractivity contribution in [3.05, 3.63) is 230 Å². The van der Waals surface area contributed by atoms with Crippen LogP contribution < -0.4 is 0 Å². The Balaban J connectivity index is 1.12. The third kappa shape index (κ3) is 6.86. The van der Waals surface area contributed by atoms with Gasteiger partial charge in [-0.25, -0.2) is 15.0 Å². The highest BCUT2D eigenvalue weighted by molar-refractivity contribution is 6.14. The fraction of sp³-hybridized carbons (Fsp3) is 0. The van der Waals surface area contributed by atoms with Crippen molar-refractivity contribution < 1.29 is 5.48 Å². The minimum atomic E-state index is -0.293. The molecule has 0 aliphatic rings. The van der Waals surface area contributed by atoms with Crippen molar-refractivity contribution in [2.75, 3.05) is 0 Å². The van der Waals surface area contributed by atoms with Gasteiger partial charge in [0.15, 0.2) is 17.5 Å². The molecule has 0 saturated carbocycles. The van der Waals surface area contributed by atoms with Gasteiger partial charge in [0.1, 0.15) is 0 Å². The minimum absolute atomic E-state index is 0.0844. The third-order valence-corrected chi connectivity index (χ3v) is 11.2. The van der Waals surface area contributed by atoms with Gasteiger partial charge in [-0.15, -0.1) is 0 Å². The Morgan fingerprint density at radius 3 is 1.41 bits per heavy atom. The maximum atomic E-state index is 9.34. The lowest BCUT2D eigenvalue weighted by Gasteiger charge is -2.14. The molecular weight excluding hydrogens is 741 g/mol. The summed E-state index contributed by atoms with van der Waals surface area (Å²) in [4.78, 5) is 15.4. The smallest absolute Gasteiger partial charge is 0.164 e. The van der Waals surface area contributed by atoms with E-state index in [2.05, 4.69) is 84.9 Å². The highest BCUT2D eigenvalue weighted by atomic mass is 15.0. The summed E-state index contributed by atoms with van der Waals surface area (Å²) in [6.07, 6.45) is 0. The molecule has 2 heterocycles. The fourth-order valence-corrected chi connectivity index (χ4v) is 8.21. The zero-order valence-corrected chi connectivity index (χ0v) is 32.9. The van der Waals surface area contributed by atoms with Crippen molar-refractivity contribution in [3.8, 4) is 84.4 Å². The number of para-hydroxylation sites is 2. The van der Waals surface area contributed by atoms with Gasteiger partial charge < -0.3 is 4.57 Å². The first-order valence-electron chi connectivity index (χ1n) is 22.3. The summed E-state index contributed by atoms with van der Waals surface area (Å²) in [5.41, 5.74) is 12.6. The van der Waals surface area contributed by atoms with Gasteiger partial charge in [-0.1, -0.05) is 200 Å². The van der Waals surface area contributed by atoms with Crippen molar-refractivity contribution in [2.45, 2.75) is 0 Å². The van der Waals surface area contributed by atoms with Gasteiger partial charge in [-0.2, -0.15) is 0 Å². The van der Waals surface area contributed by atoms with Gasteiger partial charge in [-0.3, -0.25) is 0 Å². The van der Waals surface area contributed by atoms with Gasteiger partial charge in [0, 0.05) is 38.7 Å². The Bertz CT molecular complexity index is 3570.